The van der Waals surface area contributed by atoms with E-state index in [1.54, 1.807) is 6.92 Å². The Balaban J connectivity index is 2.18. The molecule has 0 atom stereocenters. The third-order valence-electron chi connectivity index (χ3n) is 2.43. The largest absolute Gasteiger partial charge is 0.477 e. The lowest BCUT2D eigenvalue weighted by Gasteiger charge is -2.25. The van der Waals surface area contributed by atoms with Crippen LogP contribution in [-0.4, -0.2) is 44.9 Å². The lowest BCUT2D eigenvalue weighted by molar-refractivity contribution is 0.0701. The number of hydrogen-bond acceptors (Lipinski definition) is 5. The van der Waals surface area contributed by atoms with E-state index in [1.807, 2.05) is 4.90 Å². The molecule has 1 N–H and O–H groups in total. The normalized spacial score (nSPS) is 17.7. The average Bonchev–Trinajstić information content (AvgIpc) is 2.61. The zero-order valence-electron chi connectivity index (χ0n) is 8.80. The maximum absolute atomic E-state index is 11.2. The van der Waals surface area contributed by atoms with Crippen molar-refractivity contribution in [2.75, 3.05) is 29.5 Å². The van der Waals surface area contributed by atoms with E-state index in [9.17, 15) is 9.00 Å². The summed E-state index contributed by atoms with van der Waals surface area (Å²) in [5, 5.41) is 9.65. The van der Waals surface area contributed by atoms with Gasteiger partial charge in [0.1, 0.15) is 4.88 Å². The highest BCUT2D eigenvalue weighted by Gasteiger charge is 2.21. The van der Waals surface area contributed by atoms with Crippen molar-refractivity contribution in [1.82, 2.24) is 4.98 Å². The standard InChI is InChI=1S/C9H12N2O3S2/c1-6-7(8(12)13)15-9(10-6)11-2-4-16(14)5-3-11/h2-5H2,1H3,(H,12,13). The number of hydrogen-bond donors (Lipinski definition) is 1. The van der Waals surface area contributed by atoms with E-state index in [0.29, 0.717) is 35.2 Å². The molecule has 1 saturated heterocycles. The summed E-state index contributed by atoms with van der Waals surface area (Å²) < 4.78 is 11.2. The number of aromatic carboxylic acids is 1. The van der Waals surface area contributed by atoms with Gasteiger partial charge in [-0.1, -0.05) is 11.3 Å². The first kappa shape index (κ1) is 11.5. The maximum atomic E-state index is 11.2. The fraction of sp³-hybridized carbons (Fsp3) is 0.556. The molecule has 0 spiro atoms. The molecule has 0 unspecified atom stereocenters. The highest BCUT2D eigenvalue weighted by molar-refractivity contribution is 7.85. The van der Waals surface area contributed by atoms with Crippen LogP contribution in [0.5, 0.6) is 0 Å². The van der Waals surface area contributed by atoms with Gasteiger partial charge in [-0.2, -0.15) is 0 Å². The smallest absolute Gasteiger partial charge is 0.347 e. The van der Waals surface area contributed by atoms with Crippen LogP contribution in [0.4, 0.5) is 5.13 Å². The number of carbonyl (C=O) groups is 1. The lowest BCUT2D eigenvalue weighted by atomic mass is 10.4. The van der Waals surface area contributed by atoms with Gasteiger partial charge in [0.15, 0.2) is 5.13 Å². The molecule has 1 fully saturated rings. The zero-order valence-corrected chi connectivity index (χ0v) is 10.4. The summed E-state index contributed by atoms with van der Waals surface area (Å²) in [6.07, 6.45) is 0. The van der Waals surface area contributed by atoms with Gasteiger partial charge in [0.05, 0.1) is 5.69 Å². The molecule has 0 aliphatic carbocycles. The molecule has 7 heteroatoms. The van der Waals surface area contributed by atoms with Crippen molar-refractivity contribution in [1.29, 1.82) is 0 Å². The Hall–Kier alpha value is -0.950. The van der Waals surface area contributed by atoms with Gasteiger partial charge in [-0.15, -0.1) is 0 Å². The fourth-order valence-corrected chi connectivity index (χ4v) is 3.55. The number of anilines is 1. The van der Waals surface area contributed by atoms with E-state index < -0.39 is 16.8 Å². The molecule has 16 heavy (non-hydrogen) atoms. The van der Waals surface area contributed by atoms with E-state index in [4.69, 9.17) is 5.11 Å². The van der Waals surface area contributed by atoms with Gasteiger partial charge in [-0.25, -0.2) is 9.78 Å². The fourth-order valence-electron chi connectivity index (χ4n) is 1.55. The third kappa shape index (κ3) is 2.25. The van der Waals surface area contributed by atoms with Gasteiger partial charge in [-0.05, 0) is 6.92 Å². The number of carboxylic acids is 1. The summed E-state index contributed by atoms with van der Waals surface area (Å²) in [5.74, 6) is 0.351. The van der Waals surface area contributed by atoms with Crippen LogP contribution < -0.4 is 4.90 Å². The molecule has 0 amide bonds. The second-order valence-electron chi connectivity index (χ2n) is 3.55. The van der Waals surface area contributed by atoms with E-state index in [2.05, 4.69) is 4.98 Å². The summed E-state index contributed by atoms with van der Waals surface area (Å²) in [6.45, 7) is 3.09. The number of rotatable bonds is 2. The van der Waals surface area contributed by atoms with Crippen LogP contribution in [0.3, 0.4) is 0 Å². The molecule has 1 aliphatic rings. The van der Waals surface area contributed by atoms with Gasteiger partial charge < -0.3 is 10.0 Å². The van der Waals surface area contributed by atoms with E-state index >= 15 is 0 Å². The summed E-state index contributed by atoms with van der Waals surface area (Å²) in [7, 11) is -0.723. The van der Waals surface area contributed by atoms with Gasteiger partial charge >= 0.3 is 5.97 Å². The monoisotopic (exact) mass is 260 g/mol. The first-order chi connectivity index (χ1) is 7.58. The predicted octanol–water partition coefficient (Wildman–Crippen LogP) is 0.718. The van der Waals surface area contributed by atoms with E-state index in [0.717, 1.165) is 5.13 Å². The minimum atomic E-state index is -0.929. The maximum Gasteiger partial charge on any atom is 0.347 e. The molecular weight excluding hydrogens is 248 g/mol. The Bertz CT molecular complexity index is 434. The lowest BCUT2D eigenvalue weighted by Crippen LogP contribution is -2.37. The highest BCUT2D eigenvalue weighted by Crippen LogP contribution is 2.26. The number of nitrogens with zero attached hydrogens (tertiary/aromatic N) is 2. The van der Waals surface area contributed by atoms with Crippen LogP contribution in [0, 0.1) is 6.92 Å². The first-order valence-electron chi connectivity index (χ1n) is 4.88. The quantitative estimate of drug-likeness (QED) is 0.848. The minimum Gasteiger partial charge on any atom is -0.477 e. The number of carboxylic acid groups (broad SMARTS) is 1. The molecular formula is C9H12N2O3S2. The van der Waals surface area contributed by atoms with Gasteiger partial charge in [0, 0.05) is 35.4 Å². The van der Waals surface area contributed by atoms with Gasteiger partial charge in [0.25, 0.3) is 0 Å². The first-order valence-corrected chi connectivity index (χ1v) is 7.19. The molecule has 1 aromatic rings. The molecule has 0 bridgehead atoms. The third-order valence-corrected chi connectivity index (χ3v) is 4.91. The molecule has 1 aromatic heterocycles. The summed E-state index contributed by atoms with van der Waals surface area (Å²) in [5.41, 5.74) is 0.555. The van der Waals surface area contributed by atoms with Crippen molar-refractivity contribution < 1.29 is 14.1 Å². The molecule has 0 radical (unpaired) electrons. The summed E-state index contributed by atoms with van der Waals surface area (Å²) in [4.78, 5) is 17.4. The second kappa shape index (κ2) is 4.50. The highest BCUT2D eigenvalue weighted by atomic mass is 32.2. The minimum absolute atomic E-state index is 0.293. The Kier molecular flexibility index (Phi) is 3.25. The molecule has 0 saturated carbocycles. The predicted molar refractivity (Wildman–Crippen MR) is 63.9 cm³/mol. The number of aromatic nitrogens is 1. The van der Waals surface area contributed by atoms with Crippen molar-refractivity contribution in [3.63, 3.8) is 0 Å². The Morgan fingerprint density at radius 2 is 2.12 bits per heavy atom. The Morgan fingerprint density at radius 1 is 1.50 bits per heavy atom. The average molecular weight is 260 g/mol. The van der Waals surface area contributed by atoms with E-state index in [1.165, 1.54) is 11.3 Å². The molecule has 5 nitrogen and oxygen atoms in total. The Labute approximate surface area is 99.6 Å². The van der Waals surface area contributed by atoms with Gasteiger partial charge in [-0.3, -0.25) is 4.21 Å². The molecule has 1 aliphatic heterocycles. The summed E-state index contributed by atoms with van der Waals surface area (Å²) >= 11 is 1.19. The van der Waals surface area contributed by atoms with Crippen molar-refractivity contribution in [2.45, 2.75) is 6.92 Å². The van der Waals surface area contributed by atoms with Crippen LogP contribution in [0.25, 0.3) is 0 Å². The summed E-state index contributed by atoms with van der Waals surface area (Å²) in [6, 6.07) is 0. The van der Waals surface area contributed by atoms with Crippen LogP contribution in [0.1, 0.15) is 15.4 Å². The number of aryl methyl sites for hydroxylation is 1. The van der Waals surface area contributed by atoms with Crippen molar-refractivity contribution in [3.8, 4) is 0 Å². The zero-order chi connectivity index (χ0) is 11.7. The van der Waals surface area contributed by atoms with Crippen molar-refractivity contribution >= 4 is 33.2 Å². The van der Waals surface area contributed by atoms with Crippen molar-refractivity contribution in [3.05, 3.63) is 10.6 Å². The van der Waals surface area contributed by atoms with Crippen LogP contribution >= 0.6 is 11.3 Å². The van der Waals surface area contributed by atoms with Crippen LogP contribution in [0.2, 0.25) is 0 Å². The molecule has 2 heterocycles. The Morgan fingerprint density at radius 3 is 2.62 bits per heavy atom. The van der Waals surface area contributed by atoms with Crippen LogP contribution in [0.15, 0.2) is 0 Å². The SMILES string of the molecule is Cc1nc(N2CCS(=O)CC2)sc1C(=O)O. The molecule has 88 valence electrons. The second-order valence-corrected chi connectivity index (χ2v) is 6.22. The van der Waals surface area contributed by atoms with Crippen molar-refractivity contribution in [2.24, 2.45) is 0 Å². The van der Waals surface area contributed by atoms with E-state index in [-0.39, 0.29) is 0 Å². The molecule has 0 aromatic carbocycles. The molecule has 2 rings (SSSR count). The van der Waals surface area contributed by atoms with Gasteiger partial charge in [0.2, 0.25) is 0 Å². The number of thiazole rings is 1. The van der Waals surface area contributed by atoms with Crippen LogP contribution in [-0.2, 0) is 10.8 Å². The topological polar surface area (TPSA) is 70.5 Å².